The molecule has 1 aliphatic rings. The van der Waals surface area contributed by atoms with Crippen LogP contribution in [0.25, 0.3) is 0 Å². The van der Waals surface area contributed by atoms with E-state index < -0.39 is 0 Å². The molecule has 0 radical (unpaired) electrons. The molecule has 1 fully saturated rings. The van der Waals surface area contributed by atoms with Crippen molar-refractivity contribution in [2.45, 2.75) is 72.1 Å². The van der Waals surface area contributed by atoms with Gasteiger partial charge in [-0.1, -0.05) is 18.5 Å². The first kappa shape index (κ1) is 25.1. The zero-order valence-corrected chi connectivity index (χ0v) is 20.1. The summed E-state index contributed by atoms with van der Waals surface area (Å²) >= 11 is 0. The first-order chi connectivity index (χ1) is 13.2. The van der Waals surface area contributed by atoms with Crippen LogP contribution >= 0.6 is 24.0 Å². The van der Waals surface area contributed by atoms with Gasteiger partial charge in [0.25, 0.3) is 0 Å². The van der Waals surface area contributed by atoms with Crippen LogP contribution in [0.2, 0.25) is 0 Å². The predicted octanol–water partition coefficient (Wildman–Crippen LogP) is 3.10. The summed E-state index contributed by atoms with van der Waals surface area (Å²) in [6.07, 6.45) is 5.06. The predicted molar refractivity (Wildman–Crippen MR) is 122 cm³/mol. The molecule has 0 amide bonds. The summed E-state index contributed by atoms with van der Waals surface area (Å²) in [6, 6.07) is 0.726. The lowest BCUT2D eigenvalue weighted by Crippen LogP contribution is -2.45. The van der Waals surface area contributed by atoms with Crippen molar-refractivity contribution < 1.29 is 9.26 Å². The number of halogens is 1. The highest BCUT2D eigenvalue weighted by Crippen LogP contribution is 2.18. The van der Waals surface area contributed by atoms with E-state index in [-0.39, 0.29) is 30.1 Å². The second-order valence-corrected chi connectivity index (χ2v) is 6.86. The van der Waals surface area contributed by atoms with Crippen molar-refractivity contribution >= 4 is 29.9 Å². The largest absolute Gasteiger partial charge is 0.371 e. The molecule has 0 aliphatic carbocycles. The average molecular weight is 508 g/mol. The van der Waals surface area contributed by atoms with Crippen LogP contribution in [-0.2, 0) is 11.3 Å². The number of hydrogen-bond acceptors (Lipinski definition) is 6. The summed E-state index contributed by atoms with van der Waals surface area (Å²) in [6.45, 7) is 13.1. The molecule has 2 heterocycles. The van der Waals surface area contributed by atoms with E-state index in [1.54, 1.807) is 0 Å². The normalized spacial score (nSPS) is 19.1. The Kier molecular flexibility index (Phi) is 12.6. The number of nitrogens with zero attached hydrogens (tertiary/aromatic N) is 4. The minimum atomic E-state index is -0.168. The molecular formula is C19H37IN6O2. The van der Waals surface area contributed by atoms with Gasteiger partial charge in [-0.3, -0.25) is 4.90 Å². The van der Waals surface area contributed by atoms with Gasteiger partial charge in [-0.2, -0.15) is 4.98 Å². The Labute approximate surface area is 186 Å². The Balaban J connectivity index is 0.00000392. The molecule has 1 saturated heterocycles. The first-order valence-corrected chi connectivity index (χ1v) is 10.4. The van der Waals surface area contributed by atoms with Crippen LogP contribution in [0.5, 0.6) is 0 Å². The van der Waals surface area contributed by atoms with Crippen molar-refractivity contribution in [1.29, 1.82) is 0 Å². The third-order valence-corrected chi connectivity index (χ3v) is 4.89. The average Bonchev–Trinajstić information content (AvgIpc) is 3.16. The Morgan fingerprint density at radius 1 is 1.32 bits per heavy atom. The highest BCUT2D eigenvalue weighted by molar-refractivity contribution is 14.0. The van der Waals surface area contributed by atoms with Gasteiger partial charge < -0.3 is 19.9 Å². The Morgan fingerprint density at radius 3 is 2.86 bits per heavy atom. The van der Waals surface area contributed by atoms with Crippen LogP contribution in [0.4, 0.5) is 0 Å². The van der Waals surface area contributed by atoms with Crippen molar-refractivity contribution in [3.63, 3.8) is 0 Å². The van der Waals surface area contributed by atoms with Crippen molar-refractivity contribution in [1.82, 2.24) is 25.7 Å². The number of ether oxygens (including phenoxy) is 1. The number of guanidine groups is 1. The number of hydrogen-bond donors (Lipinski definition) is 2. The molecule has 1 aliphatic heterocycles. The van der Waals surface area contributed by atoms with Crippen LogP contribution in [0.15, 0.2) is 9.52 Å². The highest BCUT2D eigenvalue weighted by atomic mass is 127. The van der Waals surface area contributed by atoms with Crippen LogP contribution in [-0.4, -0.2) is 59.8 Å². The number of aromatic nitrogens is 2. The van der Waals surface area contributed by atoms with E-state index in [1.165, 1.54) is 32.2 Å². The summed E-state index contributed by atoms with van der Waals surface area (Å²) in [7, 11) is 0. The quantitative estimate of drug-likeness (QED) is 0.285. The van der Waals surface area contributed by atoms with Gasteiger partial charge in [0.2, 0.25) is 5.89 Å². The molecule has 9 heteroatoms. The number of rotatable bonds is 10. The minimum absolute atomic E-state index is 0. The smallest absolute Gasteiger partial charge is 0.248 e. The molecular weight excluding hydrogens is 471 g/mol. The van der Waals surface area contributed by atoms with E-state index in [1.807, 2.05) is 13.8 Å². The fourth-order valence-corrected chi connectivity index (χ4v) is 3.44. The Morgan fingerprint density at radius 2 is 2.14 bits per heavy atom. The van der Waals surface area contributed by atoms with Crippen molar-refractivity contribution in [3.8, 4) is 0 Å². The van der Waals surface area contributed by atoms with Gasteiger partial charge in [-0.25, -0.2) is 4.99 Å². The molecule has 1 aromatic heterocycles. The van der Waals surface area contributed by atoms with E-state index >= 15 is 0 Å². The van der Waals surface area contributed by atoms with Crippen LogP contribution in [0.3, 0.4) is 0 Å². The third kappa shape index (κ3) is 8.20. The van der Waals surface area contributed by atoms with Crippen LogP contribution in [0, 0.1) is 0 Å². The molecule has 162 valence electrons. The highest BCUT2D eigenvalue weighted by Gasteiger charge is 2.20. The molecule has 2 rings (SSSR count). The fourth-order valence-electron chi connectivity index (χ4n) is 3.44. The van der Waals surface area contributed by atoms with E-state index in [2.05, 4.69) is 44.5 Å². The lowest BCUT2D eigenvalue weighted by molar-refractivity contribution is 0.0683. The maximum atomic E-state index is 5.48. The molecule has 1 aromatic rings. The van der Waals surface area contributed by atoms with Crippen molar-refractivity contribution in [2.24, 2.45) is 4.99 Å². The molecule has 0 aromatic carbocycles. The second kappa shape index (κ2) is 14.1. The fraction of sp³-hybridized carbons (Fsp3) is 0.842. The first-order valence-electron chi connectivity index (χ1n) is 10.4. The molecule has 0 spiro atoms. The second-order valence-electron chi connectivity index (χ2n) is 6.86. The summed E-state index contributed by atoms with van der Waals surface area (Å²) in [5.74, 6) is 1.84. The molecule has 0 saturated carbocycles. The number of piperidine rings is 1. The maximum Gasteiger partial charge on any atom is 0.248 e. The van der Waals surface area contributed by atoms with E-state index in [4.69, 9.17) is 9.26 Å². The molecule has 2 N–H and O–H groups in total. The van der Waals surface area contributed by atoms with Crippen LogP contribution < -0.4 is 10.6 Å². The summed E-state index contributed by atoms with van der Waals surface area (Å²) < 4.78 is 10.8. The summed E-state index contributed by atoms with van der Waals surface area (Å²) in [4.78, 5) is 11.5. The van der Waals surface area contributed by atoms with Gasteiger partial charge in [0.05, 0.1) is 0 Å². The lowest BCUT2D eigenvalue weighted by Gasteiger charge is -2.35. The van der Waals surface area contributed by atoms with E-state index in [0.29, 0.717) is 24.9 Å². The third-order valence-electron chi connectivity index (χ3n) is 4.89. The lowest BCUT2D eigenvalue weighted by atomic mass is 10.0. The SMILES string of the molecule is CCNC(=NCc1nc(C(C)OCC)no1)NCCN1CCCCC1CC.I. The number of aliphatic imine (C=N–C) groups is 1. The topological polar surface area (TPSA) is 87.8 Å². The van der Waals surface area contributed by atoms with Crippen LogP contribution in [0.1, 0.15) is 71.2 Å². The van der Waals surface area contributed by atoms with E-state index in [0.717, 1.165) is 31.6 Å². The minimum Gasteiger partial charge on any atom is -0.371 e. The van der Waals surface area contributed by atoms with Crippen molar-refractivity contribution in [2.75, 3.05) is 32.8 Å². The van der Waals surface area contributed by atoms with Gasteiger partial charge in [0.1, 0.15) is 12.6 Å². The monoisotopic (exact) mass is 508 g/mol. The standard InChI is InChI=1S/C19H36N6O2.HI/c1-5-16-10-8-9-12-25(16)13-11-21-19(20-6-2)22-14-17-23-18(24-27-17)15(4)26-7-3;/h15-16H,5-14H2,1-4H3,(H2,20,21,22);1H. The van der Waals surface area contributed by atoms with Gasteiger partial charge in [-0.15, -0.1) is 24.0 Å². The van der Waals surface area contributed by atoms with Gasteiger partial charge in [0.15, 0.2) is 11.8 Å². The summed E-state index contributed by atoms with van der Waals surface area (Å²) in [5.41, 5.74) is 0. The van der Waals surface area contributed by atoms with Gasteiger partial charge in [-0.05, 0) is 46.6 Å². The number of nitrogens with one attached hydrogen (secondary N) is 2. The zero-order chi connectivity index (χ0) is 19.5. The molecule has 28 heavy (non-hydrogen) atoms. The van der Waals surface area contributed by atoms with Gasteiger partial charge >= 0.3 is 0 Å². The van der Waals surface area contributed by atoms with Crippen molar-refractivity contribution in [3.05, 3.63) is 11.7 Å². The maximum absolute atomic E-state index is 5.48. The Bertz CT molecular complexity index is 568. The Hall–Kier alpha value is -0.940. The van der Waals surface area contributed by atoms with Gasteiger partial charge in [0, 0.05) is 32.3 Å². The molecule has 8 nitrogen and oxygen atoms in total. The molecule has 2 unspecified atom stereocenters. The molecule has 2 atom stereocenters. The summed E-state index contributed by atoms with van der Waals surface area (Å²) in [5, 5.41) is 10.7. The van der Waals surface area contributed by atoms with E-state index in [9.17, 15) is 0 Å². The number of likely N-dealkylation sites (tertiary alicyclic amines) is 1. The zero-order valence-electron chi connectivity index (χ0n) is 17.7. The molecule has 0 bridgehead atoms.